The number of aromatic hydroxyl groups is 1. The lowest BCUT2D eigenvalue weighted by Crippen LogP contribution is -2.36. The van der Waals surface area contributed by atoms with E-state index >= 15 is 0 Å². The van der Waals surface area contributed by atoms with E-state index < -0.39 is 0 Å². The number of phenols is 1. The molecule has 0 fully saturated rings. The molecule has 2 N–H and O–H groups in total. The van der Waals surface area contributed by atoms with Gasteiger partial charge in [-0.3, -0.25) is 9.59 Å². The number of fused-ring (bicyclic) bond motifs is 1. The van der Waals surface area contributed by atoms with Gasteiger partial charge in [0.15, 0.2) is 0 Å². The Kier molecular flexibility index (Phi) is 6.37. The number of amides is 2. The molecule has 0 saturated heterocycles. The molecular formula is C23H25ClN2O4. The molecule has 1 aliphatic rings. The molecule has 1 heterocycles. The maximum atomic E-state index is 13.2. The van der Waals surface area contributed by atoms with Crippen molar-refractivity contribution in [1.82, 2.24) is 4.90 Å². The molecule has 3 rings (SSSR count). The van der Waals surface area contributed by atoms with E-state index in [9.17, 15) is 14.7 Å². The second-order valence-corrected chi connectivity index (χ2v) is 7.94. The number of phenolic OH excluding ortho intramolecular Hbond substituents is 1. The fourth-order valence-electron chi connectivity index (χ4n) is 3.59. The van der Waals surface area contributed by atoms with E-state index in [1.54, 1.807) is 17.0 Å². The highest BCUT2D eigenvalue weighted by Crippen LogP contribution is 2.35. The van der Waals surface area contributed by atoms with Crippen LogP contribution in [0.25, 0.3) is 0 Å². The van der Waals surface area contributed by atoms with Crippen molar-refractivity contribution < 1.29 is 19.4 Å². The van der Waals surface area contributed by atoms with E-state index in [1.165, 1.54) is 19.3 Å². The van der Waals surface area contributed by atoms with Crippen molar-refractivity contribution in [2.24, 2.45) is 0 Å². The van der Waals surface area contributed by atoms with Gasteiger partial charge in [0.2, 0.25) is 5.91 Å². The van der Waals surface area contributed by atoms with Crippen LogP contribution < -0.4 is 10.1 Å². The van der Waals surface area contributed by atoms with Gasteiger partial charge >= 0.3 is 0 Å². The lowest BCUT2D eigenvalue weighted by atomic mass is 9.96. The third-order valence-corrected chi connectivity index (χ3v) is 5.55. The fourth-order valence-corrected chi connectivity index (χ4v) is 3.82. The van der Waals surface area contributed by atoms with E-state index in [2.05, 4.69) is 11.9 Å². The summed E-state index contributed by atoms with van der Waals surface area (Å²) in [5, 5.41) is 13.6. The minimum absolute atomic E-state index is 0.109. The number of methoxy groups -OCH3 is 1. The average molecular weight is 429 g/mol. The molecule has 2 aromatic carbocycles. The van der Waals surface area contributed by atoms with Gasteiger partial charge < -0.3 is 20.1 Å². The van der Waals surface area contributed by atoms with Gasteiger partial charge in [-0.05, 0) is 53.3 Å². The van der Waals surface area contributed by atoms with E-state index in [1.807, 2.05) is 19.9 Å². The Morgan fingerprint density at radius 2 is 2.00 bits per heavy atom. The van der Waals surface area contributed by atoms with E-state index in [-0.39, 0.29) is 29.0 Å². The first-order valence-corrected chi connectivity index (χ1v) is 10.1. The summed E-state index contributed by atoms with van der Waals surface area (Å²) in [7, 11) is 1.54. The molecule has 0 bridgehead atoms. The summed E-state index contributed by atoms with van der Waals surface area (Å²) in [5.41, 5.74) is 3.51. The summed E-state index contributed by atoms with van der Waals surface area (Å²) in [5.74, 6) is -0.0333. The monoisotopic (exact) mass is 428 g/mol. The topological polar surface area (TPSA) is 78.9 Å². The van der Waals surface area contributed by atoms with Crippen LogP contribution in [0.3, 0.4) is 0 Å². The third-order valence-electron chi connectivity index (χ3n) is 5.23. The number of ether oxygens (including phenoxy) is 1. The van der Waals surface area contributed by atoms with E-state index in [0.29, 0.717) is 36.0 Å². The smallest absolute Gasteiger partial charge is 0.257 e. The van der Waals surface area contributed by atoms with Gasteiger partial charge in [0, 0.05) is 19.2 Å². The number of halogens is 1. The van der Waals surface area contributed by atoms with Crippen LogP contribution in [0.4, 0.5) is 5.69 Å². The number of carbonyl (C=O) groups excluding carboxylic acids is 2. The highest BCUT2D eigenvalue weighted by molar-refractivity contribution is 6.34. The molecule has 0 aliphatic carbocycles. The third kappa shape index (κ3) is 4.28. The Hall–Kier alpha value is -2.99. The maximum Gasteiger partial charge on any atom is 0.257 e. The largest absolute Gasteiger partial charge is 0.507 e. The molecule has 0 radical (unpaired) electrons. The van der Waals surface area contributed by atoms with Crippen molar-refractivity contribution in [2.45, 2.75) is 32.7 Å². The summed E-state index contributed by atoms with van der Waals surface area (Å²) in [6.45, 7) is 8.30. The van der Waals surface area contributed by atoms with Crippen LogP contribution in [0, 0.1) is 0 Å². The number of benzene rings is 2. The van der Waals surface area contributed by atoms with Gasteiger partial charge in [0.1, 0.15) is 11.5 Å². The number of anilines is 1. The highest BCUT2D eigenvalue weighted by Gasteiger charge is 2.26. The Morgan fingerprint density at radius 1 is 1.27 bits per heavy atom. The first-order valence-electron chi connectivity index (χ1n) is 9.70. The van der Waals surface area contributed by atoms with Crippen LogP contribution in [-0.2, 0) is 17.8 Å². The molecule has 7 heteroatoms. The quantitative estimate of drug-likeness (QED) is 0.687. The zero-order valence-corrected chi connectivity index (χ0v) is 18.0. The molecule has 158 valence electrons. The molecular weight excluding hydrogens is 404 g/mol. The molecule has 0 unspecified atom stereocenters. The van der Waals surface area contributed by atoms with Crippen molar-refractivity contribution in [3.63, 3.8) is 0 Å². The number of hydrogen-bond acceptors (Lipinski definition) is 4. The zero-order valence-electron chi connectivity index (χ0n) is 17.3. The van der Waals surface area contributed by atoms with Crippen LogP contribution in [-0.4, -0.2) is 35.5 Å². The second kappa shape index (κ2) is 8.79. The number of nitrogens with one attached hydrogen (secondary N) is 1. The fraction of sp³-hybridized carbons (Fsp3) is 0.304. The summed E-state index contributed by atoms with van der Waals surface area (Å²) in [6.07, 6.45) is 1.80. The van der Waals surface area contributed by atoms with E-state index in [0.717, 1.165) is 16.7 Å². The normalized spacial score (nSPS) is 13.0. The van der Waals surface area contributed by atoms with Crippen molar-refractivity contribution in [3.05, 3.63) is 64.2 Å². The summed E-state index contributed by atoms with van der Waals surface area (Å²) in [4.78, 5) is 26.5. The molecule has 6 nitrogen and oxygen atoms in total. The van der Waals surface area contributed by atoms with Gasteiger partial charge in [0.05, 0.1) is 23.4 Å². The van der Waals surface area contributed by atoms with Gasteiger partial charge in [-0.25, -0.2) is 0 Å². The minimum Gasteiger partial charge on any atom is -0.507 e. The van der Waals surface area contributed by atoms with Crippen molar-refractivity contribution in [1.29, 1.82) is 0 Å². The average Bonchev–Trinajstić information content (AvgIpc) is 2.72. The number of hydrogen-bond donors (Lipinski definition) is 2. The van der Waals surface area contributed by atoms with Crippen molar-refractivity contribution >= 4 is 29.1 Å². The van der Waals surface area contributed by atoms with Gasteiger partial charge in [0.25, 0.3) is 5.91 Å². The second-order valence-electron chi connectivity index (χ2n) is 7.54. The molecule has 1 aliphatic heterocycles. The van der Waals surface area contributed by atoms with Crippen molar-refractivity contribution in [3.8, 4) is 11.5 Å². The Balaban J connectivity index is 1.90. The van der Waals surface area contributed by atoms with Crippen molar-refractivity contribution in [2.75, 3.05) is 19.0 Å². The van der Waals surface area contributed by atoms with Gasteiger partial charge in [-0.2, -0.15) is 0 Å². The highest BCUT2D eigenvalue weighted by atomic mass is 35.5. The lowest BCUT2D eigenvalue weighted by molar-refractivity contribution is -0.111. The predicted octanol–water partition coefficient (Wildman–Crippen LogP) is 4.50. The molecule has 2 amide bonds. The standard InChI is InChI=1S/C23H25ClN2O4/c1-5-22(28)25-19-9-15-12-26(7-6-14(15)8-18(19)24)23(29)17-10-16(13(2)3)21(30-4)11-20(17)27/h5,8-11,13,27H,1,6-7,12H2,2-4H3,(H,25,28). The number of nitrogens with zero attached hydrogens (tertiary/aromatic N) is 1. The first kappa shape index (κ1) is 21.7. The molecule has 2 aromatic rings. The molecule has 0 aromatic heterocycles. The molecule has 0 saturated carbocycles. The summed E-state index contributed by atoms with van der Waals surface area (Å²) < 4.78 is 5.34. The van der Waals surface area contributed by atoms with Gasteiger partial charge in [-0.1, -0.05) is 32.0 Å². The Bertz CT molecular complexity index is 1020. The van der Waals surface area contributed by atoms with E-state index in [4.69, 9.17) is 16.3 Å². The first-order chi connectivity index (χ1) is 14.2. The minimum atomic E-state index is -0.357. The molecule has 0 spiro atoms. The SMILES string of the molecule is C=CC(=O)Nc1cc2c(cc1Cl)CCN(C(=O)c1cc(C(C)C)c(OC)cc1O)C2. The summed E-state index contributed by atoms with van der Waals surface area (Å²) in [6, 6.07) is 6.79. The summed E-state index contributed by atoms with van der Waals surface area (Å²) >= 11 is 6.28. The van der Waals surface area contributed by atoms with Crippen LogP contribution in [0.2, 0.25) is 5.02 Å². The molecule has 0 atom stereocenters. The van der Waals surface area contributed by atoms with Crippen LogP contribution >= 0.6 is 11.6 Å². The van der Waals surface area contributed by atoms with Crippen LogP contribution in [0.1, 0.15) is 46.8 Å². The van der Waals surface area contributed by atoms with Crippen LogP contribution in [0.15, 0.2) is 36.9 Å². The Labute approximate surface area is 181 Å². The zero-order chi connectivity index (χ0) is 22.0. The van der Waals surface area contributed by atoms with Crippen LogP contribution in [0.5, 0.6) is 11.5 Å². The molecule has 30 heavy (non-hydrogen) atoms. The predicted molar refractivity (Wildman–Crippen MR) is 117 cm³/mol. The van der Waals surface area contributed by atoms with Gasteiger partial charge in [-0.15, -0.1) is 0 Å². The number of carbonyl (C=O) groups is 2. The lowest BCUT2D eigenvalue weighted by Gasteiger charge is -2.30. The maximum absolute atomic E-state index is 13.2. The number of rotatable bonds is 5. The Morgan fingerprint density at radius 3 is 2.63 bits per heavy atom.